The minimum Gasteiger partial charge on any atom is -0.490 e. The van der Waals surface area contributed by atoms with Crippen LogP contribution in [0.3, 0.4) is 0 Å². The molecule has 110 valence electrons. The maximum absolute atomic E-state index is 10.8. The third kappa shape index (κ3) is 3.63. The lowest BCUT2D eigenvalue weighted by Gasteiger charge is -2.28. The van der Waals surface area contributed by atoms with E-state index in [-0.39, 0.29) is 17.7 Å². The van der Waals surface area contributed by atoms with Crippen LogP contribution in [-0.4, -0.2) is 11.0 Å². The number of non-ortho nitro benzene ring substituents is 1. The van der Waals surface area contributed by atoms with Crippen LogP contribution >= 0.6 is 11.6 Å². The van der Waals surface area contributed by atoms with Crippen molar-refractivity contribution in [2.24, 2.45) is 5.92 Å². The third-order valence-corrected chi connectivity index (χ3v) is 4.35. The Labute approximate surface area is 124 Å². The van der Waals surface area contributed by atoms with E-state index in [1.165, 1.54) is 31.4 Å². The molecule has 5 heteroatoms. The summed E-state index contributed by atoms with van der Waals surface area (Å²) in [5, 5.41) is 10.8. The van der Waals surface area contributed by atoms with Gasteiger partial charge in [-0.05, 0) is 37.7 Å². The predicted octanol–water partition coefficient (Wildman–Crippen LogP) is 4.68. The van der Waals surface area contributed by atoms with Gasteiger partial charge in [0.2, 0.25) is 0 Å². The molecule has 0 radical (unpaired) electrons. The van der Waals surface area contributed by atoms with E-state index in [1.54, 1.807) is 6.07 Å². The Morgan fingerprint density at radius 1 is 1.35 bits per heavy atom. The number of halogens is 1. The lowest BCUT2D eigenvalue weighted by Crippen LogP contribution is -2.24. The molecular weight excluding hydrogens is 278 g/mol. The Bertz CT molecular complexity index is 470. The molecule has 0 saturated heterocycles. The van der Waals surface area contributed by atoms with Crippen molar-refractivity contribution >= 4 is 17.3 Å². The second kappa shape index (κ2) is 6.93. The molecule has 0 aliphatic heterocycles. The quantitative estimate of drug-likeness (QED) is 0.450. The molecule has 0 amide bonds. The number of benzene rings is 1. The number of rotatable bonds is 5. The van der Waals surface area contributed by atoms with Crippen LogP contribution in [0, 0.1) is 16.0 Å². The van der Waals surface area contributed by atoms with Crippen molar-refractivity contribution in [2.45, 2.75) is 51.0 Å². The first kappa shape index (κ1) is 15.1. The summed E-state index contributed by atoms with van der Waals surface area (Å²) in [4.78, 5) is 10.4. The Morgan fingerprint density at radius 3 is 2.60 bits per heavy atom. The summed E-state index contributed by atoms with van der Waals surface area (Å²) in [6.45, 7) is 2.23. The maximum atomic E-state index is 10.8. The first-order chi connectivity index (χ1) is 9.63. The summed E-state index contributed by atoms with van der Waals surface area (Å²) in [5.41, 5.74) is 0.751. The molecule has 1 saturated carbocycles. The number of nitrogens with zero attached hydrogens (tertiary/aromatic N) is 1. The van der Waals surface area contributed by atoms with Crippen LogP contribution in [0.4, 0.5) is 5.69 Å². The fourth-order valence-corrected chi connectivity index (χ4v) is 2.95. The van der Waals surface area contributed by atoms with Gasteiger partial charge in [0.15, 0.2) is 0 Å². The number of ether oxygens (including phenoxy) is 1. The molecule has 1 aliphatic carbocycles. The number of alkyl halides is 1. The van der Waals surface area contributed by atoms with Gasteiger partial charge in [0, 0.05) is 17.7 Å². The minimum absolute atomic E-state index is 0.0580. The first-order valence-electron chi connectivity index (χ1n) is 7.14. The van der Waals surface area contributed by atoms with E-state index < -0.39 is 4.92 Å². The summed E-state index contributed by atoms with van der Waals surface area (Å²) < 4.78 is 6.00. The average Bonchev–Trinajstić information content (AvgIpc) is 2.48. The van der Waals surface area contributed by atoms with Gasteiger partial charge in [-0.15, -0.1) is 11.6 Å². The van der Waals surface area contributed by atoms with Gasteiger partial charge in [0.1, 0.15) is 5.75 Å². The fraction of sp³-hybridized carbons (Fsp3) is 0.600. The lowest BCUT2D eigenvalue weighted by atomic mass is 9.86. The second-order valence-electron chi connectivity index (χ2n) is 5.35. The van der Waals surface area contributed by atoms with Crippen molar-refractivity contribution in [1.29, 1.82) is 0 Å². The van der Waals surface area contributed by atoms with Gasteiger partial charge < -0.3 is 4.74 Å². The van der Waals surface area contributed by atoms with Crippen molar-refractivity contribution in [3.63, 3.8) is 0 Å². The van der Waals surface area contributed by atoms with E-state index in [0.717, 1.165) is 18.8 Å². The van der Waals surface area contributed by atoms with E-state index in [1.807, 2.05) is 0 Å². The van der Waals surface area contributed by atoms with Crippen LogP contribution in [0.25, 0.3) is 0 Å². The van der Waals surface area contributed by atoms with E-state index >= 15 is 0 Å². The highest BCUT2D eigenvalue weighted by Crippen LogP contribution is 2.32. The molecule has 4 nitrogen and oxygen atoms in total. The molecular formula is C15H20ClNO3. The van der Waals surface area contributed by atoms with Crippen molar-refractivity contribution in [2.75, 3.05) is 0 Å². The van der Waals surface area contributed by atoms with Gasteiger partial charge in [-0.3, -0.25) is 10.1 Å². The third-order valence-electron chi connectivity index (χ3n) is 4.06. The number of nitro benzene ring substituents is 1. The maximum Gasteiger partial charge on any atom is 0.270 e. The molecule has 0 atom stereocenters. The smallest absolute Gasteiger partial charge is 0.270 e. The summed E-state index contributed by atoms with van der Waals surface area (Å²) >= 11 is 5.87. The van der Waals surface area contributed by atoms with Crippen LogP contribution in [0.1, 0.15) is 44.6 Å². The number of nitro groups is 1. The number of hydrogen-bond donors (Lipinski definition) is 0. The molecule has 20 heavy (non-hydrogen) atoms. The highest BCUT2D eigenvalue weighted by molar-refractivity contribution is 6.17. The van der Waals surface area contributed by atoms with E-state index in [0.29, 0.717) is 11.3 Å². The summed E-state index contributed by atoms with van der Waals surface area (Å²) in [6.07, 6.45) is 5.95. The van der Waals surface area contributed by atoms with E-state index in [2.05, 4.69) is 6.92 Å². The molecule has 0 heterocycles. The SMILES string of the molecule is CCC1CCC(Oc2ccc([N+](=O)[O-])cc2CCl)CC1. The highest BCUT2D eigenvalue weighted by Gasteiger charge is 2.22. The molecule has 1 aromatic carbocycles. The normalized spacial score (nSPS) is 22.5. The van der Waals surface area contributed by atoms with Gasteiger partial charge in [0.05, 0.1) is 16.9 Å². The van der Waals surface area contributed by atoms with Gasteiger partial charge in [-0.1, -0.05) is 13.3 Å². The van der Waals surface area contributed by atoms with Gasteiger partial charge in [-0.25, -0.2) is 0 Å². The monoisotopic (exact) mass is 297 g/mol. The summed E-state index contributed by atoms with van der Waals surface area (Å²) in [5.74, 6) is 1.73. The van der Waals surface area contributed by atoms with E-state index in [9.17, 15) is 10.1 Å². The number of hydrogen-bond acceptors (Lipinski definition) is 3. The van der Waals surface area contributed by atoms with Gasteiger partial charge in [0.25, 0.3) is 5.69 Å². The van der Waals surface area contributed by atoms with Gasteiger partial charge in [-0.2, -0.15) is 0 Å². The zero-order valence-electron chi connectivity index (χ0n) is 11.7. The van der Waals surface area contributed by atoms with Crippen molar-refractivity contribution < 1.29 is 9.66 Å². The van der Waals surface area contributed by atoms with Crippen LogP contribution < -0.4 is 4.74 Å². The van der Waals surface area contributed by atoms with E-state index in [4.69, 9.17) is 16.3 Å². The lowest BCUT2D eigenvalue weighted by molar-refractivity contribution is -0.384. The molecule has 1 aliphatic rings. The molecule has 0 aromatic heterocycles. The highest BCUT2D eigenvalue weighted by atomic mass is 35.5. The topological polar surface area (TPSA) is 52.4 Å². The molecule has 1 aromatic rings. The minimum atomic E-state index is -0.410. The molecule has 0 bridgehead atoms. The Morgan fingerprint density at radius 2 is 2.05 bits per heavy atom. The van der Waals surface area contributed by atoms with Crippen LogP contribution in [0.2, 0.25) is 0 Å². The van der Waals surface area contributed by atoms with Crippen LogP contribution in [0.15, 0.2) is 18.2 Å². The standard InChI is InChI=1S/C15H20ClNO3/c1-2-11-3-6-14(7-4-11)20-15-8-5-13(17(18)19)9-12(15)10-16/h5,8-9,11,14H,2-4,6-7,10H2,1H3. The van der Waals surface area contributed by atoms with Crippen molar-refractivity contribution in [3.05, 3.63) is 33.9 Å². The molecule has 2 rings (SSSR count). The van der Waals surface area contributed by atoms with Gasteiger partial charge >= 0.3 is 0 Å². The van der Waals surface area contributed by atoms with Crippen LogP contribution in [-0.2, 0) is 5.88 Å². The zero-order valence-corrected chi connectivity index (χ0v) is 12.4. The Hall–Kier alpha value is -1.29. The molecule has 1 fully saturated rings. The average molecular weight is 298 g/mol. The molecule has 0 unspecified atom stereocenters. The predicted molar refractivity (Wildman–Crippen MR) is 79.3 cm³/mol. The fourth-order valence-electron chi connectivity index (χ4n) is 2.74. The summed E-state index contributed by atoms with van der Waals surface area (Å²) in [7, 11) is 0. The first-order valence-corrected chi connectivity index (χ1v) is 7.67. The van der Waals surface area contributed by atoms with Crippen LogP contribution in [0.5, 0.6) is 5.75 Å². The second-order valence-corrected chi connectivity index (χ2v) is 5.62. The zero-order chi connectivity index (χ0) is 14.5. The van der Waals surface area contributed by atoms with Crippen molar-refractivity contribution in [3.8, 4) is 5.75 Å². The Balaban J connectivity index is 2.04. The molecule has 0 spiro atoms. The largest absolute Gasteiger partial charge is 0.490 e. The van der Waals surface area contributed by atoms with Crippen molar-refractivity contribution in [1.82, 2.24) is 0 Å². The molecule has 0 N–H and O–H groups in total. The Kier molecular flexibility index (Phi) is 5.24. The summed E-state index contributed by atoms with van der Waals surface area (Å²) in [6, 6.07) is 4.64.